The summed E-state index contributed by atoms with van der Waals surface area (Å²) in [7, 11) is 1.64. The van der Waals surface area contributed by atoms with Crippen molar-refractivity contribution in [2.75, 3.05) is 7.11 Å². The Balaban J connectivity index is 2.19. The van der Waals surface area contributed by atoms with Gasteiger partial charge in [0.15, 0.2) is 0 Å². The van der Waals surface area contributed by atoms with Gasteiger partial charge in [0.25, 0.3) is 0 Å². The molecule has 6 heteroatoms. The van der Waals surface area contributed by atoms with Crippen LogP contribution in [0, 0.1) is 6.92 Å². The fourth-order valence-electron chi connectivity index (χ4n) is 2.08. The van der Waals surface area contributed by atoms with Crippen molar-refractivity contribution in [3.63, 3.8) is 0 Å². The molecule has 0 aliphatic carbocycles. The quantitative estimate of drug-likeness (QED) is 0.795. The molecular weight excluding hydrogens is 260 g/mol. The predicted molar refractivity (Wildman–Crippen MR) is 75.9 cm³/mol. The molecule has 0 aliphatic rings. The number of hydrogen-bond acceptors (Lipinski definition) is 5. The molecule has 3 aromatic rings. The van der Waals surface area contributed by atoms with Gasteiger partial charge >= 0.3 is 0 Å². The van der Waals surface area contributed by atoms with E-state index in [2.05, 4.69) is 23.3 Å². The first-order valence-corrected chi connectivity index (χ1v) is 6.74. The van der Waals surface area contributed by atoms with Crippen LogP contribution in [0.2, 0.25) is 0 Å². The average Bonchev–Trinajstić information content (AvgIpc) is 3.00. The van der Waals surface area contributed by atoms with Crippen molar-refractivity contribution in [2.45, 2.75) is 13.5 Å². The second-order valence-corrected chi connectivity index (χ2v) is 5.57. The van der Waals surface area contributed by atoms with Gasteiger partial charge in [-0.25, -0.2) is 4.68 Å². The summed E-state index contributed by atoms with van der Waals surface area (Å²) in [6.45, 7) is 2.57. The van der Waals surface area contributed by atoms with Crippen LogP contribution in [0.4, 0.5) is 0 Å². The first-order chi connectivity index (χ1) is 9.22. The summed E-state index contributed by atoms with van der Waals surface area (Å²) in [4.78, 5) is 2.33. The lowest BCUT2D eigenvalue weighted by atomic mass is 10.3. The number of methoxy groups -OCH3 is 1. The number of benzene rings is 1. The third-order valence-electron chi connectivity index (χ3n) is 2.98. The van der Waals surface area contributed by atoms with Gasteiger partial charge in [-0.3, -0.25) is 0 Å². The fraction of sp³-hybridized carbons (Fsp3) is 0.231. The Kier molecular flexibility index (Phi) is 2.96. The van der Waals surface area contributed by atoms with E-state index < -0.39 is 0 Å². The molecule has 5 nitrogen and oxygen atoms in total. The highest BCUT2D eigenvalue weighted by molar-refractivity contribution is 7.12. The molecule has 0 aliphatic heterocycles. The third-order valence-corrected chi connectivity index (χ3v) is 4.04. The molecule has 0 saturated carbocycles. The summed E-state index contributed by atoms with van der Waals surface area (Å²) in [6.07, 6.45) is 0. The monoisotopic (exact) mass is 274 g/mol. The Morgan fingerprint density at radius 1 is 1.37 bits per heavy atom. The highest BCUT2D eigenvalue weighted by Crippen LogP contribution is 2.28. The molecule has 98 valence electrons. The Labute approximate surface area is 114 Å². The number of thiophene rings is 1. The highest BCUT2D eigenvalue weighted by atomic mass is 32.1. The van der Waals surface area contributed by atoms with E-state index in [1.54, 1.807) is 18.4 Å². The summed E-state index contributed by atoms with van der Waals surface area (Å²) in [5.74, 6) is 0.778. The van der Waals surface area contributed by atoms with E-state index in [9.17, 15) is 0 Å². The number of aryl methyl sites for hydroxylation is 1. The van der Waals surface area contributed by atoms with Crippen LogP contribution in [0.5, 0.6) is 5.75 Å². The lowest BCUT2D eigenvalue weighted by Crippen LogP contribution is -2.02. The van der Waals surface area contributed by atoms with Crippen molar-refractivity contribution >= 4 is 22.4 Å². The Morgan fingerprint density at radius 2 is 2.21 bits per heavy atom. The van der Waals surface area contributed by atoms with Crippen LogP contribution in [0.1, 0.15) is 9.75 Å². The summed E-state index contributed by atoms with van der Waals surface area (Å²) >= 11 is 1.69. The molecule has 0 fully saturated rings. The topological polar surface area (TPSA) is 66.0 Å². The van der Waals surface area contributed by atoms with Crippen molar-refractivity contribution in [3.8, 4) is 11.4 Å². The van der Waals surface area contributed by atoms with Gasteiger partial charge < -0.3 is 10.5 Å². The number of hydrogen-bond donors (Lipinski definition) is 1. The standard InChI is InChI=1S/C13H14N4OS/c1-8-5-12(13(7-14)19-8)17-11-4-3-9(18-2)6-10(11)15-16-17/h3-6H,7,14H2,1-2H3. The lowest BCUT2D eigenvalue weighted by molar-refractivity contribution is 0.415. The van der Waals surface area contributed by atoms with Gasteiger partial charge in [0.2, 0.25) is 0 Å². The number of nitrogens with zero attached hydrogens (tertiary/aromatic N) is 3. The largest absolute Gasteiger partial charge is 0.497 e. The SMILES string of the molecule is COc1ccc2c(c1)nnn2-c1cc(C)sc1CN. The zero-order chi connectivity index (χ0) is 13.4. The van der Waals surface area contributed by atoms with E-state index in [0.717, 1.165) is 27.3 Å². The maximum Gasteiger partial charge on any atom is 0.121 e. The van der Waals surface area contributed by atoms with Gasteiger partial charge in [-0.05, 0) is 25.1 Å². The molecule has 1 aromatic carbocycles. The minimum atomic E-state index is 0.505. The van der Waals surface area contributed by atoms with Crippen LogP contribution in [0.15, 0.2) is 24.3 Å². The Bertz CT molecular complexity index is 731. The van der Waals surface area contributed by atoms with Crippen LogP contribution in [-0.2, 0) is 6.54 Å². The number of ether oxygens (including phenoxy) is 1. The van der Waals surface area contributed by atoms with Crippen molar-refractivity contribution < 1.29 is 4.74 Å². The molecule has 0 bridgehead atoms. The molecule has 0 unspecified atom stereocenters. The zero-order valence-corrected chi connectivity index (χ0v) is 11.6. The minimum Gasteiger partial charge on any atom is -0.497 e. The second-order valence-electron chi connectivity index (χ2n) is 4.23. The Hall–Kier alpha value is -1.92. The molecular formula is C13H14N4OS. The van der Waals surface area contributed by atoms with Crippen LogP contribution in [0.3, 0.4) is 0 Å². The maximum absolute atomic E-state index is 5.79. The minimum absolute atomic E-state index is 0.505. The molecule has 0 amide bonds. The summed E-state index contributed by atoms with van der Waals surface area (Å²) in [5.41, 5.74) is 8.56. The van der Waals surface area contributed by atoms with Crippen molar-refractivity contribution in [3.05, 3.63) is 34.0 Å². The van der Waals surface area contributed by atoms with Crippen molar-refractivity contribution in [1.82, 2.24) is 15.0 Å². The van der Waals surface area contributed by atoms with Crippen LogP contribution >= 0.6 is 11.3 Å². The van der Waals surface area contributed by atoms with E-state index in [-0.39, 0.29) is 0 Å². The van der Waals surface area contributed by atoms with E-state index in [4.69, 9.17) is 10.5 Å². The van der Waals surface area contributed by atoms with E-state index in [1.807, 2.05) is 22.9 Å². The highest BCUT2D eigenvalue weighted by Gasteiger charge is 2.13. The summed E-state index contributed by atoms with van der Waals surface area (Å²) < 4.78 is 7.03. The number of aromatic nitrogens is 3. The maximum atomic E-state index is 5.79. The molecule has 2 aromatic heterocycles. The Morgan fingerprint density at radius 3 is 2.95 bits per heavy atom. The molecule has 0 atom stereocenters. The van der Waals surface area contributed by atoms with Gasteiger partial charge in [0.1, 0.15) is 11.3 Å². The molecule has 0 radical (unpaired) electrons. The van der Waals surface area contributed by atoms with Gasteiger partial charge in [0, 0.05) is 22.4 Å². The van der Waals surface area contributed by atoms with Crippen molar-refractivity contribution in [1.29, 1.82) is 0 Å². The van der Waals surface area contributed by atoms with Gasteiger partial charge in [-0.1, -0.05) is 5.21 Å². The lowest BCUT2D eigenvalue weighted by Gasteiger charge is -2.03. The van der Waals surface area contributed by atoms with Gasteiger partial charge in [-0.15, -0.1) is 16.4 Å². The first-order valence-electron chi connectivity index (χ1n) is 5.92. The number of fused-ring (bicyclic) bond motifs is 1. The molecule has 0 saturated heterocycles. The summed E-state index contributed by atoms with van der Waals surface area (Å²) in [6, 6.07) is 7.83. The zero-order valence-electron chi connectivity index (χ0n) is 10.8. The van der Waals surface area contributed by atoms with E-state index in [0.29, 0.717) is 6.54 Å². The average molecular weight is 274 g/mol. The molecule has 2 heterocycles. The number of rotatable bonds is 3. The fourth-order valence-corrected chi connectivity index (χ4v) is 2.98. The predicted octanol–water partition coefficient (Wildman–Crippen LogP) is 2.26. The van der Waals surface area contributed by atoms with Crippen LogP contribution < -0.4 is 10.5 Å². The molecule has 0 spiro atoms. The molecule has 19 heavy (non-hydrogen) atoms. The molecule has 3 rings (SSSR count). The summed E-state index contributed by atoms with van der Waals surface area (Å²) in [5, 5.41) is 8.41. The van der Waals surface area contributed by atoms with Crippen LogP contribution in [0.25, 0.3) is 16.7 Å². The number of nitrogens with two attached hydrogens (primary N) is 1. The van der Waals surface area contributed by atoms with E-state index >= 15 is 0 Å². The normalized spacial score (nSPS) is 11.1. The molecule has 2 N–H and O–H groups in total. The van der Waals surface area contributed by atoms with E-state index in [1.165, 1.54) is 4.88 Å². The van der Waals surface area contributed by atoms with Gasteiger partial charge in [0.05, 0.1) is 18.3 Å². The van der Waals surface area contributed by atoms with Gasteiger partial charge in [-0.2, -0.15) is 0 Å². The first kappa shape index (κ1) is 12.1. The van der Waals surface area contributed by atoms with Crippen LogP contribution in [-0.4, -0.2) is 22.1 Å². The second kappa shape index (κ2) is 4.64. The van der Waals surface area contributed by atoms with Crippen molar-refractivity contribution in [2.24, 2.45) is 5.73 Å². The third kappa shape index (κ3) is 1.98. The smallest absolute Gasteiger partial charge is 0.121 e.